The van der Waals surface area contributed by atoms with Crippen molar-refractivity contribution < 1.29 is 19.0 Å². The molecule has 4 aromatic rings. The standard InChI is InChI=1S/C27H25ClN4O4/c1-15-24(26(33)30-20-14-22(35-3)18(28)13-23(20)36-4)25(16-8-7-9-17(12-16)34-2)32-21-11-6-5-10-19(21)31-27(32)29-15/h5-15H,1-4H3,(H,29,31)(H,30,33). The third-order valence-corrected chi connectivity index (χ3v) is 6.42. The Bertz CT molecular complexity index is 1510. The van der Waals surface area contributed by atoms with Crippen molar-refractivity contribution in [2.24, 2.45) is 0 Å². The van der Waals surface area contributed by atoms with Gasteiger partial charge in [-0.25, -0.2) is 4.98 Å². The Morgan fingerprint density at radius 3 is 2.53 bits per heavy atom. The number of carbonyl (C=O) groups is 1. The van der Waals surface area contributed by atoms with Crippen LogP contribution in [-0.4, -0.2) is 42.8 Å². The van der Waals surface area contributed by atoms with Crippen LogP contribution in [0, 0.1) is 0 Å². The van der Waals surface area contributed by atoms with Gasteiger partial charge in [0.2, 0.25) is 5.95 Å². The lowest BCUT2D eigenvalue weighted by molar-refractivity contribution is -0.113. The van der Waals surface area contributed by atoms with Crippen LogP contribution in [0.5, 0.6) is 17.2 Å². The van der Waals surface area contributed by atoms with E-state index in [1.54, 1.807) is 19.2 Å². The number of nitrogens with one attached hydrogen (secondary N) is 2. The number of ether oxygens (including phenoxy) is 3. The van der Waals surface area contributed by atoms with Crippen LogP contribution in [0.15, 0.2) is 66.2 Å². The zero-order chi connectivity index (χ0) is 25.4. The van der Waals surface area contributed by atoms with Crippen molar-refractivity contribution in [2.45, 2.75) is 13.0 Å². The molecule has 9 heteroatoms. The van der Waals surface area contributed by atoms with Crippen molar-refractivity contribution in [3.63, 3.8) is 0 Å². The summed E-state index contributed by atoms with van der Waals surface area (Å²) < 4.78 is 18.3. The number of para-hydroxylation sites is 2. The van der Waals surface area contributed by atoms with Gasteiger partial charge in [-0.15, -0.1) is 0 Å². The minimum absolute atomic E-state index is 0.307. The number of benzene rings is 3. The first kappa shape index (κ1) is 23.6. The highest BCUT2D eigenvalue weighted by molar-refractivity contribution is 6.32. The summed E-state index contributed by atoms with van der Waals surface area (Å²) in [5.74, 6) is 1.87. The Morgan fingerprint density at radius 1 is 1.00 bits per heavy atom. The molecule has 3 aromatic carbocycles. The molecule has 36 heavy (non-hydrogen) atoms. The maximum atomic E-state index is 13.9. The number of methoxy groups -OCH3 is 3. The first-order valence-corrected chi connectivity index (χ1v) is 11.7. The summed E-state index contributed by atoms with van der Waals surface area (Å²) >= 11 is 6.26. The van der Waals surface area contributed by atoms with Gasteiger partial charge >= 0.3 is 0 Å². The Labute approximate surface area is 213 Å². The number of amides is 1. The van der Waals surface area contributed by atoms with Crippen molar-refractivity contribution in [3.05, 3.63) is 76.8 Å². The first-order chi connectivity index (χ1) is 17.4. The summed E-state index contributed by atoms with van der Waals surface area (Å²) in [6.07, 6.45) is 0. The summed E-state index contributed by atoms with van der Waals surface area (Å²) in [7, 11) is 4.65. The maximum absolute atomic E-state index is 13.9. The molecule has 1 aliphatic rings. The van der Waals surface area contributed by atoms with Gasteiger partial charge in [0.1, 0.15) is 17.2 Å². The predicted molar refractivity (Wildman–Crippen MR) is 141 cm³/mol. The fourth-order valence-corrected chi connectivity index (χ4v) is 4.68. The smallest absolute Gasteiger partial charge is 0.255 e. The van der Waals surface area contributed by atoms with Crippen molar-refractivity contribution in [2.75, 3.05) is 32.0 Å². The van der Waals surface area contributed by atoms with E-state index in [1.807, 2.05) is 60.0 Å². The fourth-order valence-electron chi connectivity index (χ4n) is 4.45. The second kappa shape index (κ2) is 9.47. The van der Waals surface area contributed by atoms with Crippen LogP contribution in [0.2, 0.25) is 5.02 Å². The van der Waals surface area contributed by atoms with Crippen LogP contribution in [0.3, 0.4) is 0 Å². The monoisotopic (exact) mass is 504 g/mol. The average Bonchev–Trinajstić information content (AvgIpc) is 3.26. The number of hydrogen-bond donors (Lipinski definition) is 2. The number of aromatic nitrogens is 2. The van der Waals surface area contributed by atoms with Gasteiger partial charge in [0.15, 0.2) is 0 Å². The van der Waals surface area contributed by atoms with E-state index in [9.17, 15) is 4.79 Å². The number of halogens is 1. The summed E-state index contributed by atoms with van der Waals surface area (Å²) in [5.41, 5.74) is 4.18. The molecule has 5 rings (SSSR count). The summed E-state index contributed by atoms with van der Waals surface area (Å²) in [6, 6.07) is 18.3. The molecule has 1 unspecified atom stereocenters. The second-order valence-electron chi connectivity index (χ2n) is 8.26. The lowest BCUT2D eigenvalue weighted by Gasteiger charge is -2.29. The largest absolute Gasteiger partial charge is 0.497 e. The quantitative estimate of drug-likeness (QED) is 0.364. The molecule has 0 spiro atoms. The Morgan fingerprint density at radius 2 is 1.78 bits per heavy atom. The number of fused-ring (bicyclic) bond motifs is 3. The molecular weight excluding hydrogens is 480 g/mol. The Balaban J connectivity index is 1.72. The molecular formula is C27H25ClN4O4. The molecule has 1 atom stereocenters. The van der Waals surface area contributed by atoms with E-state index >= 15 is 0 Å². The third-order valence-electron chi connectivity index (χ3n) is 6.13. The number of carbonyl (C=O) groups excluding carboxylic acids is 1. The van der Waals surface area contributed by atoms with Gasteiger partial charge in [-0.2, -0.15) is 0 Å². The van der Waals surface area contributed by atoms with Crippen LogP contribution in [0.25, 0.3) is 16.7 Å². The minimum Gasteiger partial charge on any atom is -0.497 e. The zero-order valence-corrected chi connectivity index (χ0v) is 21.0. The molecule has 0 aliphatic carbocycles. The molecule has 0 saturated carbocycles. The lowest BCUT2D eigenvalue weighted by atomic mass is 9.97. The summed E-state index contributed by atoms with van der Waals surface area (Å²) in [5, 5.41) is 6.76. The Kier molecular flexibility index (Phi) is 6.20. The highest BCUT2D eigenvalue weighted by atomic mass is 35.5. The molecule has 8 nitrogen and oxygen atoms in total. The highest BCUT2D eigenvalue weighted by Gasteiger charge is 2.32. The van der Waals surface area contributed by atoms with E-state index in [4.69, 9.17) is 30.8 Å². The van der Waals surface area contributed by atoms with Crippen LogP contribution in [0.1, 0.15) is 12.5 Å². The molecule has 0 radical (unpaired) electrons. The fraction of sp³-hybridized carbons (Fsp3) is 0.185. The lowest BCUT2D eigenvalue weighted by Crippen LogP contribution is -2.34. The predicted octanol–water partition coefficient (Wildman–Crippen LogP) is 5.43. The van der Waals surface area contributed by atoms with Gasteiger partial charge in [0, 0.05) is 17.7 Å². The molecule has 1 aliphatic heterocycles. The third kappa shape index (κ3) is 3.99. The minimum atomic E-state index is -0.351. The number of hydrogen-bond acceptors (Lipinski definition) is 6. The van der Waals surface area contributed by atoms with Gasteiger partial charge in [-0.3, -0.25) is 9.36 Å². The van der Waals surface area contributed by atoms with E-state index in [-0.39, 0.29) is 11.9 Å². The zero-order valence-electron chi connectivity index (χ0n) is 20.3. The SMILES string of the molecule is COc1cccc(C2=C(C(=O)Nc3cc(OC)c(Cl)cc3OC)C(C)Nc3nc4ccccc4n32)c1. The topological polar surface area (TPSA) is 86.6 Å². The van der Waals surface area contributed by atoms with Crippen molar-refractivity contribution in [3.8, 4) is 17.2 Å². The van der Waals surface area contributed by atoms with E-state index in [0.29, 0.717) is 45.2 Å². The maximum Gasteiger partial charge on any atom is 0.255 e. The van der Waals surface area contributed by atoms with Crippen LogP contribution in [0.4, 0.5) is 11.6 Å². The number of rotatable bonds is 6. The first-order valence-electron chi connectivity index (χ1n) is 11.3. The van der Waals surface area contributed by atoms with Crippen LogP contribution < -0.4 is 24.8 Å². The van der Waals surface area contributed by atoms with Crippen molar-refractivity contribution in [1.82, 2.24) is 9.55 Å². The molecule has 0 bridgehead atoms. The summed E-state index contributed by atoms with van der Waals surface area (Å²) in [6.45, 7) is 1.93. The molecule has 2 heterocycles. The van der Waals surface area contributed by atoms with E-state index in [0.717, 1.165) is 16.6 Å². The van der Waals surface area contributed by atoms with E-state index < -0.39 is 0 Å². The number of nitrogens with zero attached hydrogens (tertiary/aromatic N) is 2. The van der Waals surface area contributed by atoms with Gasteiger partial charge in [0.05, 0.1) is 60.4 Å². The Hall–Kier alpha value is -4.17. The molecule has 0 fully saturated rings. The van der Waals surface area contributed by atoms with Gasteiger partial charge in [0.25, 0.3) is 5.91 Å². The molecule has 184 valence electrons. The second-order valence-corrected chi connectivity index (χ2v) is 8.67. The van der Waals surface area contributed by atoms with Crippen LogP contribution in [-0.2, 0) is 4.79 Å². The molecule has 2 N–H and O–H groups in total. The molecule has 1 aromatic heterocycles. The van der Waals surface area contributed by atoms with Gasteiger partial charge in [-0.1, -0.05) is 35.9 Å². The van der Waals surface area contributed by atoms with Gasteiger partial charge in [-0.05, 0) is 31.2 Å². The van der Waals surface area contributed by atoms with E-state index in [1.165, 1.54) is 14.2 Å². The summed E-state index contributed by atoms with van der Waals surface area (Å²) in [4.78, 5) is 18.7. The number of anilines is 2. The average molecular weight is 505 g/mol. The van der Waals surface area contributed by atoms with Crippen molar-refractivity contribution >= 4 is 45.9 Å². The normalized spacial score (nSPS) is 14.8. The molecule has 0 saturated heterocycles. The van der Waals surface area contributed by atoms with Crippen LogP contribution >= 0.6 is 11.6 Å². The van der Waals surface area contributed by atoms with E-state index in [2.05, 4.69) is 10.6 Å². The molecule has 1 amide bonds. The van der Waals surface area contributed by atoms with Gasteiger partial charge < -0.3 is 24.8 Å². The number of imidazole rings is 1. The highest BCUT2D eigenvalue weighted by Crippen LogP contribution is 2.39. The van der Waals surface area contributed by atoms with Crippen molar-refractivity contribution in [1.29, 1.82) is 0 Å².